The van der Waals surface area contributed by atoms with Crippen LogP contribution in [0.3, 0.4) is 0 Å². The van der Waals surface area contributed by atoms with E-state index in [0.717, 1.165) is 10.9 Å². The Balaban J connectivity index is 2.38. The van der Waals surface area contributed by atoms with Gasteiger partial charge in [0.1, 0.15) is 0 Å². The van der Waals surface area contributed by atoms with Crippen molar-refractivity contribution in [2.75, 3.05) is 5.75 Å². The molecule has 1 heterocycles. The van der Waals surface area contributed by atoms with Crippen LogP contribution < -0.4 is 0 Å². The van der Waals surface area contributed by atoms with E-state index in [0.29, 0.717) is 5.69 Å². The van der Waals surface area contributed by atoms with Gasteiger partial charge in [-0.3, -0.25) is 0 Å². The Morgan fingerprint density at radius 1 is 1.18 bits per heavy atom. The first-order valence-corrected chi connectivity index (χ1v) is 7.09. The Kier molecular flexibility index (Phi) is 3.24. The fourth-order valence-corrected chi connectivity index (χ4v) is 1.98. The summed E-state index contributed by atoms with van der Waals surface area (Å²) < 4.78 is 22.6. The molecule has 0 fully saturated rings. The van der Waals surface area contributed by atoms with E-state index in [2.05, 4.69) is 4.98 Å². The van der Waals surface area contributed by atoms with Gasteiger partial charge in [-0.1, -0.05) is 31.2 Å². The van der Waals surface area contributed by atoms with Crippen LogP contribution in [0.2, 0.25) is 0 Å². The predicted molar refractivity (Wildman–Crippen MR) is 70.2 cm³/mol. The van der Waals surface area contributed by atoms with Crippen LogP contribution in [0.4, 0.5) is 0 Å². The number of rotatable bonds is 3. The zero-order valence-electron chi connectivity index (χ0n) is 9.50. The summed E-state index contributed by atoms with van der Waals surface area (Å²) in [6.07, 6.45) is 1.53. The molecular weight excluding hydrogens is 234 g/mol. The van der Waals surface area contributed by atoms with Crippen molar-refractivity contribution >= 4 is 26.8 Å². The van der Waals surface area contributed by atoms with Crippen molar-refractivity contribution in [3.8, 4) is 0 Å². The SMILES string of the molecule is CCS(=O)(=O)C=Cc1ccc2ccccc2n1. The lowest BCUT2D eigenvalue weighted by atomic mass is 10.2. The van der Waals surface area contributed by atoms with Crippen molar-refractivity contribution in [3.05, 3.63) is 47.5 Å². The van der Waals surface area contributed by atoms with Gasteiger partial charge in [-0.05, 0) is 18.2 Å². The zero-order valence-corrected chi connectivity index (χ0v) is 10.3. The number of hydrogen-bond acceptors (Lipinski definition) is 3. The van der Waals surface area contributed by atoms with E-state index in [9.17, 15) is 8.42 Å². The van der Waals surface area contributed by atoms with Crippen LogP contribution in [0.1, 0.15) is 12.6 Å². The van der Waals surface area contributed by atoms with Crippen molar-refractivity contribution in [1.29, 1.82) is 0 Å². The van der Waals surface area contributed by atoms with Crippen molar-refractivity contribution in [2.45, 2.75) is 6.92 Å². The highest BCUT2D eigenvalue weighted by Gasteiger charge is 2.01. The molecule has 0 bridgehead atoms. The topological polar surface area (TPSA) is 47.0 Å². The number of benzene rings is 1. The lowest BCUT2D eigenvalue weighted by Crippen LogP contribution is -1.96. The van der Waals surface area contributed by atoms with E-state index >= 15 is 0 Å². The van der Waals surface area contributed by atoms with E-state index in [-0.39, 0.29) is 5.75 Å². The largest absolute Gasteiger partial charge is 0.248 e. The van der Waals surface area contributed by atoms with Crippen molar-refractivity contribution in [1.82, 2.24) is 4.98 Å². The second-order valence-electron chi connectivity index (χ2n) is 3.68. The second-order valence-corrected chi connectivity index (χ2v) is 5.86. The molecule has 0 N–H and O–H groups in total. The van der Waals surface area contributed by atoms with Crippen LogP contribution in [-0.4, -0.2) is 19.2 Å². The van der Waals surface area contributed by atoms with Gasteiger partial charge in [-0.25, -0.2) is 13.4 Å². The number of aromatic nitrogens is 1. The Morgan fingerprint density at radius 2 is 1.94 bits per heavy atom. The molecule has 0 atom stereocenters. The average Bonchev–Trinajstić information content (AvgIpc) is 2.36. The highest BCUT2D eigenvalue weighted by molar-refractivity contribution is 7.94. The molecule has 0 amide bonds. The minimum absolute atomic E-state index is 0.108. The summed E-state index contributed by atoms with van der Waals surface area (Å²) in [6.45, 7) is 1.62. The molecule has 0 aliphatic carbocycles. The molecule has 2 aromatic rings. The van der Waals surface area contributed by atoms with Gasteiger partial charge in [0, 0.05) is 10.8 Å². The molecular formula is C13H13NO2S. The van der Waals surface area contributed by atoms with Crippen LogP contribution in [0.15, 0.2) is 41.8 Å². The van der Waals surface area contributed by atoms with Gasteiger partial charge in [-0.15, -0.1) is 0 Å². The van der Waals surface area contributed by atoms with Gasteiger partial charge in [0.2, 0.25) is 0 Å². The maximum Gasteiger partial charge on any atom is 0.171 e. The minimum atomic E-state index is -3.09. The first kappa shape index (κ1) is 11.8. The average molecular weight is 247 g/mol. The quantitative estimate of drug-likeness (QED) is 0.837. The van der Waals surface area contributed by atoms with Crippen LogP contribution in [0, 0.1) is 0 Å². The van der Waals surface area contributed by atoms with Gasteiger partial charge in [0.25, 0.3) is 0 Å². The summed E-state index contributed by atoms with van der Waals surface area (Å²) >= 11 is 0. The molecule has 0 radical (unpaired) electrons. The van der Waals surface area contributed by atoms with Gasteiger partial charge < -0.3 is 0 Å². The number of hydrogen-bond donors (Lipinski definition) is 0. The van der Waals surface area contributed by atoms with Gasteiger partial charge in [-0.2, -0.15) is 0 Å². The van der Waals surface area contributed by atoms with Crippen molar-refractivity contribution in [2.24, 2.45) is 0 Å². The van der Waals surface area contributed by atoms with Crippen LogP contribution in [0.25, 0.3) is 17.0 Å². The van der Waals surface area contributed by atoms with Crippen LogP contribution >= 0.6 is 0 Å². The fraction of sp³-hybridized carbons (Fsp3) is 0.154. The molecule has 88 valence electrons. The predicted octanol–water partition coefficient (Wildman–Crippen LogP) is 2.64. The molecule has 0 saturated heterocycles. The Bertz CT molecular complexity index is 660. The van der Waals surface area contributed by atoms with E-state index < -0.39 is 9.84 Å². The van der Waals surface area contributed by atoms with Gasteiger partial charge in [0.05, 0.1) is 17.0 Å². The van der Waals surface area contributed by atoms with Crippen molar-refractivity contribution < 1.29 is 8.42 Å². The third kappa shape index (κ3) is 2.91. The molecule has 17 heavy (non-hydrogen) atoms. The van der Waals surface area contributed by atoms with Crippen LogP contribution in [-0.2, 0) is 9.84 Å². The maximum absolute atomic E-state index is 11.3. The van der Waals surface area contributed by atoms with E-state index in [1.165, 1.54) is 11.5 Å². The third-order valence-electron chi connectivity index (χ3n) is 2.47. The zero-order chi connectivity index (χ0) is 12.3. The molecule has 0 aliphatic heterocycles. The molecule has 0 unspecified atom stereocenters. The summed E-state index contributed by atoms with van der Waals surface area (Å²) in [5.74, 6) is 0.108. The Hall–Kier alpha value is -1.68. The van der Waals surface area contributed by atoms with Gasteiger partial charge in [0.15, 0.2) is 9.84 Å². The second kappa shape index (κ2) is 4.67. The molecule has 0 saturated carbocycles. The molecule has 2 rings (SSSR count). The number of nitrogens with zero attached hydrogens (tertiary/aromatic N) is 1. The first-order valence-electron chi connectivity index (χ1n) is 5.37. The molecule has 3 nitrogen and oxygen atoms in total. The highest BCUT2D eigenvalue weighted by atomic mass is 32.2. The van der Waals surface area contributed by atoms with Crippen molar-refractivity contribution in [3.63, 3.8) is 0 Å². The number of sulfone groups is 1. The lowest BCUT2D eigenvalue weighted by molar-refractivity contribution is 0.606. The standard InChI is InChI=1S/C13H13NO2S/c1-2-17(15,16)10-9-12-8-7-11-5-3-4-6-13(11)14-12/h3-10H,2H2,1H3. The Morgan fingerprint density at radius 3 is 2.71 bits per heavy atom. The van der Waals surface area contributed by atoms with Crippen LogP contribution in [0.5, 0.6) is 0 Å². The fourth-order valence-electron chi connectivity index (χ4n) is 1.44. The molecule has 0 aliphatic rings. The van der Waals surface area contributed by atoms with E-state index in [1.807, 2.05) is 36.4 Å². The molecule has 4 heteroatoms. The minimum Gasteiger partial charge on any atom is -0.248 e. The first-order chi connectivity index (χ1) is 8.11. The number of para-hydroxylation sites is 1. The molecule has 1 aromatic carbocycles. The third-order valence-corrected chi connectivity index (χ3v) is 3.82. The molecule has 1 aromatic heterocycles. The highest BCUT2D eigenvalue weighted by Crippen LogP contribution is 2.12. The van der Waals surface area contributed by atoms with Gasteiger partial charge >= 0.3 is 0 Å². The summed E-state index contributed by atoms with van der Waals surface area (Å²) in [4.78, 5) is 4.36. The summed E-state index contributed by atoms with van der Waals surface area (Å²) in [5, 5.41) is 2.26. The summed E-state index contributed by atoms with van der Waals surface area (Å²) in [5.41, 5.74) is 1.52. The Labute approximate surface area is 101 Å². The van der Waals surface area contributed by atoms with E-state index in [1.54, 1.807) is 6.92 Å². The lowest BCUT2D eigenvalue weighted by Gasteiger charge is -1.98. The number of pyridine rings is 1. The maximum atomic E-state index is 11.3. The number of fused-ring (bicyclic) bond motifs is 1. The smallest absolute Gasteiger partial charge is 0.171 e. The monoisotopic (exact) mass is 247 g/mol. The summed E-state index contributed by atoms with van der Waals surface area (Å²) in [6, 6.07) is 11.5. The summed E-state index contributed by atoms with van der Waals surface area (Å²) in [7, 11) is -3.09. The van der Waals surface area contributed by atoms with E-state index in [4.69, 9.17) is 0 Å². The normalized spacial score (nSPS) is 12.3. The molecule has 0 spiro atoms.